The van der Waals surface area contributed by atoms with Gasteiger partial charge in [-0.15, -0.1) is 0 Å². The number of hydrogen-bond acceptors (Lipinski definition) is 5. The van der Waals surface area contributed by atoms with E-state index in [0.29, 0.717) is 48.9 Å². The highest BCUT2D eigenvalue weighted by Gasteiger charge is 2.29. The van der Waals surface area contributed by atoms with E-state index in [1.54, 1.807) is 48.7 Å². The number of H-pyrrole nitrogens is 1. The molecule has 1 saturated heterocycles. The fourth-order valence-corrected chi connectivity index (χ4v) is 4.02. The first-order valence-corrected chi connectivity index (χ1v) is 10.8. The third-order valence-corrected chi connectivity index (χ3v) is 5.87. The summed E-state index contributed by atoms with van der Waals surface area (Å²) in [5.41, 5.74) is 2.87. The minimum absolute atomic E-state index is 0.0288. The smallest absolute Gasteiger partial charge is 0.274 e. The van der Waals surface area contributed by atoms with E-state index in [4.69, 9.17) is 16.3 Å². The molecule has 4 rings (SSSR count). The maximum Gasteiger partial charge on any atom is 0.274 e. The summed E-state index contributed by atoms with van der Waals surface area (Å²) in [5.74, 6) is 0.374. The number of nitrogens with zero attached hydrogens (tertiary/aromatic N) is 3. The Kier molecular flexibility index (Phi) is 6.70. The summed E-state index contributed by atoms with van der Waals surface area (Å²) in [4.78, 5) is 31.2. The molecule has 2 N–H and O–H groups in total. The van der Waals surface area contributed by atoms with Crippen molar-refractivity contribution in [1.29, 1.82) is 0 Å². The highest BCUT2D eigenvalue weighted by Crippen LogP contribution is 2.24. The number of piperidine rings is 1. The Bertz CT molecular complexity index is 1090. The SMILES string of the molecule is COc1ccc(Cl)cc1CNC(=O)C1CCN(C(=O)c2cc(-c3ccncc3)[nH]n2)CC1. The van der Waals surface area contributed by atoms with Crippen LogP contribution in [0, 0.1) is 5.92 Å². The molecule has 2 aromatic heterocycles. The van der Waals surface area contributed by atoms with Crippen molar-refractivity contribution in [2.45, 2.75) is 19.4 Å². The van der Waals surface area contributed by atoms with Gasteiger partial charge in [-0.1, -0.05) is 11.6 Å². The van der Waals surface area contributed by atoms with E-state index in [1.165, 1.54) is 0 Å². The van der Waals surface area contributed by atoms with E-state index in [1.807, 2.05) is 12.1 Å². The molecule has 8 nitrogen and oxygen atoms in total. The van der Waals surface area contributed by atoms with Crippen molar-refractivity contribution in [2.24, 2.45) is 5.92 Å². The molecular formula is C23H24ClN5O3. The van der Waals surface area contributed by atoms with Crippen molar-refractivity contribution in [3.8, 4) is 17.0 Å². The van der Waals surface area contributed by atoms with Crippen molar-refractivity contribution < 1.29 is 14.3 Å². The van der Waals surface area contributed by atoms with Crippen LogP contribution in [0.4, 0.5) is 0 Å². The molecule has 3 heterocycles. The van der Waals surface area contributed by atoms with Crippen LogP contribution in [0.25, 0.3) is 11.3 Å². The van der Waals surface area contributed by atoms with E-state index in [-0.39, 0.29) is 17.7 Å². The zero-order chi connectivity index (χ0) is 22.5. The highest BCUT2D eigenvalue weighted by atomic mass is 35.5. The number of halogens is 1. The summed E-state index contributed by atoms with van der Waals surface area (Å²) in [5, 5.41) is 10.6. The molecule has 0 bridgehead atoms. The van der Waals surface area contributed by atoms with E-state index in [9.17, 15) is 9.59 Å². The average Bonchev–Trinajstić information content (AvgIpc) is 3.33. The molecule has 0 spiro atoms. The lowest BCUT2D eigenvalue weighted by molar-refractivity contribution is -0.126. The van der Waals surface area contributed by atoms with Gasteiger partial charge in [-0.25, -0.2) is 0 Å². The molecule has 0 unspecified atom stereocenters. The molecule has 3 aromatic rings. The number of likely N-dealkylation sites (tertiary alicyclic amines) is 1. The zero-order valence-corrected chi connectivity index (χ0v) is 18.4. The number of carbonyl (C=O) groups is 2. The summed E-state index contributed by atoms with van der Waals surface area (Å²) >= 11 is 6.05. The van der Waals surface area contributed by atoms with Crippen LogP contribution < -0.4 is 10.1 Å². The number of aromatic nitrogens is 3. The van der Waals surface area contributed by atoms with Crippen LogP contribution in [0.2, 0.25) is 5.02 Å². The van der Waals surface area contributed by atoms with Crippen LogP contribution in [0.3, 0.4) is 0 Å². The monoisotopic (exact) mass is 453 g/mol. The number of carbonyl (C=O) groups excluding carboxylic acids is 2. The van der Waals surface area contributed by atoms with E-state index >= 15 is 0 Å². The van der Waals surface area contributed by atoms with Crippen molar-refractivity contribution in [3.63, 3.8) is 0 Å². The fraction of sp³-hybridized carbons (Fsp3) is 0.304. The summed E-state index contributed by atoms with van der Waals surface area (Å²) in [6.07, 6.45) is 4.59. The molecule has 1 aliphatic rings. The summed E-state index contributed by atoms with van der Waals surface area (Å²) in [6, 6.07) is 10.8. The summed E-state index contributed by atoms with van der Waals surface area (Å²) in [7, 11) is 1.58. The molecule has 2 amide bonds. The Morgan fingerprint density at radius 2 is 1.94 bits per heavy atom. The van der Waals surface area contributed by atoms with Crippen LogP contribution >= 0.6 is 11.6 Å². The number of amides is 2. The minimum Gasteiger partial charge on any atom is -0.496 e. The van der Waals surface area contributed by atoms with Crippen LogP contribution in [-0.2, 0) is 11.3 Å². The predicted octanol–water partition coefficient (Wildman–Crippen LogP) is 3.30. The van der Waals surface area contributed by atoms with E-state index in [2.05, 4.69) is 20.5 Å². The molecule has 0 radical (unpaired) electrons. The number of nitrogens with one attached hydrogen (secondary N) is 2. The number of hydrogen-bond donors (Lipinski definition) is 2. The van der Waals surface area contributed by atoms with Gasteiger partial charge >= 0.3 is 0 Å². The maximum absolute atomic E-state index is 12.8. The van der Waals surface area contributed by atoms with Crippen LogP contribution in [0.1, 0.15) is 28.9 Å². The van der Waals surface area contributed by atoms with Gasteiger partial charge in [0.2, 0.25) is 5.91 Å². The van der Waals surface area contributed by atoms with E-state index in [0.717, 1.165) is 16.8 Å². The first-order chi connectivity index (χ1) is 15.5. The molecule has 0 saturated carbocycles. The number of methoxy groups -OCH3 is 1. The maximum atomic E-state index is 12.8. The lowest BCUT2D eigenvalue weighted by atomic mass is 9.95. The Balaban J connectivity index is 1.30. The highest BCUT2D eigenvalue weighted by molar-refractivity contribution is 6.30. The van der Waals surface area contributed by atoms with Gasteiger partial charge in [-0.3, -0.25) is 19.7 Å². The molecule has 0 aliphatic carbocycles. The zero-order valence-electron chi connectivity index (χ0n) is 17.7. The van der Waals surface area contributed by atoms with Crippen molar-refractivity contribution in [1.82, 2.24) is 25.4 Å². The van der Waals surface area contributed by atoms with Gasteiger partial charge in [0.05, 0.1) is 12.8 Å². The second-order valence-corrected chi connectivity index (χ2v) is 8.08. The minimum atomic E-state index is -0.143. The summed E-state index contributed by atoms with van der Waals surface area (Å²) in [6.45, 7) is 1.36. The molecular weight excluding hydrogens is 430 g/mol. The first-order valence-electron chi connectivity index (χ1n) is 10.4. The van der Waals surface area contributed by atoms with Gasteiger partial charge in [0.15, 0.2) is 5.69 Å². The van der Waals surface area contributed by atoms with Crippen molar-refractivity contribution in [3.05, 3.63) is 65.1 Å². The van der Waals surface area contributed by atoms with Crippen LogP contribution in [0.5, 0.6) is 5.75 Å². The number of benzene rings is 1. The molecule has 1 aromatic carbocycles. The second-order valence-electron chi connectivity index (χ2n) is 7.64. The van der Waals surface area contributed by atoms with Gasteiger partial charge < -0.3 is 15.0 Å². The normalized spacial score (nSPS) is 14.2. The molecule has 32 heavy (non-hydrogen) atoms. The predicted molar refractivity (Wildman–Crippen MR) is 120 cm³/mol. The van der Waals surface area contributed by atoms with Gasteiger partial charge in [-0.05, 0) is 49.2 Å². The van der Waals surface area contributed by atoms with Crippen molar-refractivity contribution in [2.75, 3.05) is 20.2 Å². The molecule has 166 valence electrons. The topological polar surface area (TPSA) is 100 Å². The molecule has 1 fully saturated rings. The van der Waals surface area contributed by atoms with E-state index < -0.39 is 0 Å². The Labute approximate surface area is 190 Å². The molecule has 1 aliphatic heterocycles. The first kappa shape index (κ1) is 21.8. The fourth-order valence-electron chi connectivity index (χ4n) is 3.83. The molecule has 9 heteroatoms. The quantitative estimate of drug-likeness (QED) is 0.596. The Morgan fingerprint density at radius 3 is 2.66 bits per heavy atom. The van der Waals surface area contributed by atoms with Gasteiger partial charge in [-0.2, -0.15) is 5.10 Å². The standard InChI is InChI=1S/C23H24ClN5O3/c1-32-21-3-2-18(24)12-17(21)14-26-22(30)16-6-10-29(11-7-16)23(31)20-13-19(27-28-20)15-4-8-25-9-5-15/h2-5,8-9,12-13,16H,6-7,10-11,14H2,1H3,(H,26,30)(H,27,28). The number of ether oxygens (including phenoxy) is 1. The van der Waals surface area contributed by atoms with Crippen LogP contribution in [-0.4, -0.2) is 52.1 Å². The summed E-state index contributed by atoms with van der Waals surface area (Å²) < 4.78 is 5.32. The average molecular weight is 454 g/mol. The Hall–Kier alpha value is -3.39. The lowest BCUT2D eigenvalue weighted by Gasteiger charge is -2.30. The second kappa shape index (κ2) is 9.82. The van der Waals surface area contributed by atoms with Gasteiger partial charge in [0, 0.05) is 54.1 Å². The van der Waals surface area contributed by atoms with Gasteiger partial charge in [0.25, 0.3) is 5.91 Å². The largest absolute Gasteiger partial charge is 0.496 e. The number of pyridine rings is 1. The number of rotatable bonds is 6. The third kappa shape index (κ3) is 4.91. The van der Waals surface area contributed by atoms with Crippen LogP contribution in [0.15, 0.2) is 48.8 Å². The van der Waals surface area contributed by atoms with Gasteiger partial charge in [0.1, 0.15) is 5.75 Å². The molecule has 0 atom stereocenters. The lowest BCUT2D eigenvalue weighted by Crippen LogP contribution is -2.43. The number of aromatic amines is 1. The third-order valence-electron chi connectivity index (χ3n) is 5.64. The van der Waals surface area contributed by atoms with Crippen molar-refractivity contribution >= 4 is 23.4 Å². The Morgan fingerprint density at radius 1 is 1.19 bits per heavy atom.